The molecular weight excluding hydrogens is 354 g/mol. The van der Waals surface area contributed by atoms with Gasteiger partial charge in [-0.2, -0.15) is 0 Å². The minimum absolute atomic E-state index is 0.0302. The van der Waals surface area contributed by atoms with Crippen LogP contribution in [0, 0.1) is 12.8 Å². The van der Waals surface area contributed by atoms with Gasteiger partial charge in [0, 0.05) is 37.8 Å². The summed E-state index contributed by atoms with van der Waals surface area (Å²) >= 11 is 0. The average molecular weight is 386 g/mol. The lowest BCUT2D eigenvalue weighted by atomic mass is 9.74. The van der Waals surface area contributed by atoms with Crippen LogP contribution in [0.25, 0.3) is 0 Å². The minimum Gasteiger partial charge on any atom is -0.450 e. The number of ether oxygens (including phenoxy) is 1. The van der Waals surface area contributed by atoms with Crippen LogP contribution in [0.15, 0.2) is 12.3 Å². The van der Waals surface area contributed by atoms with Crippen molar-refractivity contribution in [2.45, 2.75) is 57.5 Å². The summed E-state index contributed by atoms with van der Waals surface area (Å²) < 4.78 is 5.85. The van der Waals surface area contributed by atoms with Gasteiger partial charge >= 0.3 is 5.97 Å². The molecule has 1 amide bonds. The van der Waals surface area contributed by atoms with Crippen molar-refractivity contribution in [2.24, 2.45) is 5.92 Å². The Hall–Kier alpha value is -1.95. The van der Waals surface area contributed by atoms with Crippen molar-refractivity contribution in [3.8, 4) is 0 Å². The third kappa shape index (κ3) is 3.54. The van der Waals surface area contributed by atoms with Crippen LogP contribution in [-0.4, -0.2) is 59.9 Å². The molecule has 3 aliphatic rings. The number of nitrogens with zero attached hydrogens (tertiary/aromatic N) is 3. The fourth-order valence-electron chi connectivity index (χ4n) is 5.09. The number of aryl methyl sites for hydroxylation is 1. The first kappa shape index (κ1) is 19.4. The van der Waals surface area contributed by atoms with E-state index in [2.05, 4.69) is 9.88 Å². The Morgan fingerprint density at radius 1 is 1.29 bits per heavy atom. The van der Waals surface area contributed by atoms with E-state index in [1.807, 2.05) is 24.9 Å². The number of likely N-dealkylation sites (tertiary alicyclic amines) is 1. The number of esters is 1. The maximum atomic E-state index is 12.9. The van der Waals surface area contributed by atoms with Gasteiger partial charge in [-0.1, -0.05) is 6.42 Å². The molecule has 1 saturated carbocycles. The van der Waals surface area contributed by atoms with Gasteiger partial charge in [-0.3, -0.25) is 9.78 Å². The van der Waals surface area contributed by atoms with Gasteiger partial charge in [0.2, 0.25) is 5.91 Å². The van der Waals surface area contributed by atoms with E-state index >= 15 is 0 Å². The summed E-state index contributed by atoms with van der Waals surface area (Å²) in [5, 5.41) is 0. The molecule has 1 aromatic heterocycles. The van der Waals surface area contributed by atoms with E-state index in [-0.39, 0.29) is 17.8 Å². The standard InChI is InChI=1S/C22H31N3O3/c1-16-19-18(8-11-23-16)22(28-21(19)27)9-6-17(7-10-22)20(26)24(2)14-15-25-12-4-3-5-13-25/h8,11,17H,3-7,9-10,12-15H2,1-2H3. The Kier molecular flexibility index (Phi) is 5.41. The molecule has 6 heteroatoms. The molecule has 0 unspecified atom stereocenters. The zero-order valence-electron chi connectivity index (χ0n) is 17.1. The van der Waals surface area contributed by atoms with Gasteiger partial charge in [0.25, 0.3) is 0 Å². The summed E-state index contributed by atoms with van der Waals surface area (Å²) in [5.74, 6) is 0.00834. The number of amides is 1. The van der Waals surface area contributed by atoms with Crippen LogP contribution in [0.4, 0.5) is 0 Å². The van der Waals surface area contributed by atoms with Gasteiger partial charge in [0.1, 0.15) is 5.60 Å². The second kappa shape index (κ2) is 7.82. The van der Waals surface area contributed by atoms with E-state index in [1.165, 1.54) is 19.3 Å². The highest BCUT2D eigenvalue weighted by molar-refractivity contribution is 5.95. The molecule has 2 fully saturated rings. The Morgan fingerprint density at radius 2 is 2.00 bits per heavy atom. The van der Waals surface area contributed by atoms with Gasteiger partial charge in [0.05, 0.1) is 11.3 Å². The van der Waals surface area contributed by atoms with Crippen molar-refractivity contribution in [1.29, 1.82) is 0 Å². The molecule has 0 radical (unpaired) electrons. The summed E-state index contributed by atoms with van der Waals surface area (Å²) in [6.07, 6.45) is 8.59. The lowest BCUT2D eigenvalue weighted by Crippen LogP contribution is -2.43. The van der Waals surface area contributed by atoms with E-state index in [1.54, 1.807) is 6.20 Å². The quantitative estimate of drug-likeness (QED) is 0.746. The fraction of sp³-hybridized carbons (Fsp3) is 0.682. The van der Waals surface area contributed by atoms with Crippen LogP contribution in [0.3, 0.4) is 0 Å². The van der Waals surface area contributed by atoms with Crippen LogP contribution in [0.5, 0.6) is 0 Å². The van der Waals surface area contributed by atoms with E-state index in [9.17, 15) is 9.59 Å². The number of carbonyl (C=O) groups excluding carboxylic acids is 2. The lowest BCUT2D eigenvalue weighted by molar-refractivity contribution is -0.137. The molecule has 28 heavy (non-hydrogen) atoms. The third-order valence-corrected chi connectivity index (χ3v) is 6.84. The number of likely N-dealkylation sites (N-methyl/N-ethyl adjacent to an activating group) is 1. The normalized spacial score (nSPS) is 27.5. The fourth-order valence-corrected chi connectivity index (χ4v) is 5.09. The monoisotopic (exact) mass is 385 g/mol. The van der Waals surface area contributed by atoms with Crippen LogP contribution >= 0.6 is 0 Å². The molecule has 1 aliphatic carbocycles. The number of carbonyl (C=O) groups is 2. The lowest BCUT2D eigenvalue weighted by Gasteiger charge is -2.37. The van der Waals surface area contributed by atoms with Crippen molar-refractivity contribution >= 4 is 11.9 Å². The number of hydrogen-bond acceptors (Lipinski definition) is 5. The Balaban J connectivity index is 1.35. The second-order valence-electron chi connectivity index (χ2n) is 8.64. The highest BCUT2D eigenvalue weighted by atomic mass is 16.6. The van der Waals surface area contributed by atoms with Gasteiger partial charge in [0.15, 0.2) is 0 Å². The van der Waals surface area contributed by atoms with Crippen molar-refractivity contribution in [2.75, 3.05) is 33.2 Å². The first-order valence-electron chi connectivity index (χ1n) is 10.7. The van der Waals surface area contributed by atoms with Crippen LogP contribution < -0.4 is 0 Å². The Labute approximate surface area is 167 Å². The molecule has 0 N–H and O–H groups in total. The smallest absolute Gasteiger partial charge is 0.341 e. The van der Waals surface area contributed by atoms with Crippen LogP contribution in [0.1, 0.15) is 66.6 Å². The topological polar surface area (TPSA) is 62.7 Å². The predicted octanol–water partition coefficient (Wildman–Crippen LogP) is 2.89. The first-order valence-corrected chi connectivity index (χ1v) is 10.7. The predicted molar refractivity (Wildman–Crippen MR) is 106 cm³/mol. The summed E-state index contributed by atoms with van der Waals surface area (Å²) in [5.41, 5.74) is 1.78. The van der Waals surface area contributed by atoms with Gasteiger partial charge in [-0.25, -0.2) is 4.79 Å². The van der Waals surface area contributed by atoms with E-state index in [0.29, 0.717) is 18.4 Å². The summed E-state index contributed by atoms with van der Waals surface area (Å²) in [6.45, 7) is 5.94. The second-order valence-corrected chi connectivity index (χ2v) is 8.64. The van der Waals surface area contributed by atoms with E-state index in [0.717, 1.165) is 50.3 Å². The van der Waals surface area contributed by atoms with E-state index < -0.39 is 5.60 Å². The first-order chi connectivity index (χ1) is 13.5. The molecule has 152 valence electrons. The molecule has 1 aromatic rings. The summed E-state index contributed by atoms with van der Waals surface area (Å²) in [6, 6.07) is 1.92. The van der Waals surface area contributed by atoms with Gasteiger partial charge < -0.3 is 14.5 Å². The molecular formula is C22H31N3O3. The molecule has 0 aromatic carbocycles. The minimum atomic E-state index is -0.552. The number of piperidine rings is 1. The highest BCUT2D eigenvalue weighted by Gasteiger charge is 2.49. The molecule has 2 aliphatic heterocycles. The maximum absolute atomic E-state index is 12.9. The van der Waals surface area contributed by atoms with Crippen LogP contribution in [-0.2, 0) is 15.1 Å². The van der Waals surface area contributed by atoms with Gasteiger partial charge in [-0.05, 0) is 64.6 Å². The Bertz CT molecular complexity index is 749. The number of fused-ring (bicyclic) bond motifs is 2. The van der Waals surface area contributed by atoms with Crippen molar-refractivity contribution in [3.63, 3.8) is 0 Å². The SMILES string of the molecule is Cc1nccc2c1C(=O)OC21CCC(C(=O)N(C)CCN2CCCCC2)CC1. The zero-order chi connectivity index (χ0) is 19.7. The zero-order valence-corrected chi connectivity index (χ0v) is 17.1. The van der Waals surface area contributed by atoms with Gasteiger partial charge in [-0.15, -0.1) is 0 Å². The highest BCUT2D eigenvalue weighted by Crippen LogP contribution is 2.48. The number of rotatable bonds is 4. The summed E-state index contributed by atoms with van der Waals surface area (Å²) in [7, 11) is 1.93. The molecule has 1 spiro atoms. The van der Waals surface area contributed by atoms with Crippen molar-refractivity contribution in [3.05, 3.63) is 29.1 Å². The molecule has 0 atom stereocenters. The van der Waals surface area contributed by atoms with Crippen LogP contribution in [0.2, 0.25) is 0 Å². The number of pyridine rings is 1. The number of hydrogen-bond donors (Lipinski definition) is 0. The Morgan fingerprint density at radius 3 is 2.71 bits per heavy atom. The molecule has 3 heterocycles. The largest absolute Gasteiger partial charge is 0.450 e. The van der Waals surface area contributed by atoms with Crippen molar-refractivity contribution < 1.29 is 14.3 Å². The molecule has 6 nitrogen and oxygen atoms in total. The molecule has 4 rings (SSSR count). The summed E-state index contributed by atoms with van der Waals surface area (Å²) in [4.78, 5) is 33.9. The maximum Gasteiger partial charge on any atom is 0.341 e. The van der Waals surface area contributed by atoms with Crippen molar-refractivity contribution in [1.82, 2.24) is 14.8 Å². The number of aromatic nitrogens is 1. The van der Waals surface area contributed by atoms with E-state index in [4.69, 9.17) is 4.74 Å². The third-order valence-electron chi connectivity index (χ3n) is 6.84. The molecule has 0 bridgehead atoms. The average Bonchev–Trinajstić information content (AvgIpc) is 2.99. The molecule has 1 saturated heterocycles.